The van der Waals surface area contributed by atoms with Crippen LogP contribution in [-0.2, 0) is 11.2 Å². The summed E-state index contributed by atoms with van der Waals surface area (Å²) in [6, 6.07) is 1.14. The van der Waals surface area contributed by atoms with E-state index in [9.17, 15) is 4.79 Å². The Balaban J connectivity index is 2.83. The minimum atomic E-state index is -0.915. The van der Waals surface area contributed by atoms with Gasteiger partial charge in [0.05, 0.1) is 19.1 Å². The van der Waals surface area contributed by atoms with Crippen molar-refractivity contribution in [2.45, 2.75) is 12.5 Å². The number of carbonyl (C=O) groups is 1. The van der Waals surface area contributed by atoms with E-state index in [1.807, 2.05) is 0 Å². The molecule has 0 radical (unpaired) electrons. The first-order valence-electron chi connectivity index (χ1n) is 4.15. The van der Waals surface area contributed by atoms with Crippen molar-refractivity contribution >= 4 is 5.97 Å². The lowest BCUT2D eigenvalue weighted by Gasteiger charge is -2.08. The summed E-state index contributed by atoms with van der Waals surface area (Å²) in [6.45, 7) is -0.182. The van der Waals surface area contributed by atoms with Gasteiger partial charge in [0.15, 0.2) is 0 Å². The van der Waals surface area contributed by atoms with Gasteiger partial charge in [0.1, 0.15) is 0 Å². The van der Waals surface area contributed by atoms with Crippen LogP contribution in [-0.4, -0.2) is 27.8 Å². The number of nitrogens with two attached hydrogens (primary N) is 1. The molecular formula is C9H12N2O3. The van der Waals surface area contributed by atoms with Gasteiger partial charge in [0.2, 0.25) is 0 Å². The molecule has 0 saturated heterocycles. The normalized spacial score (nSPS) is 12.4. The molecule has 0 aliphatic carbocycles. The molecule has 1 atom stereocenters. The van der Waals surface area contributed by atoms with Crippen LogP contribution in [0, 0.1) is 0 Å². The van der Waals surface area contributed by atoms with E-state index in [1.165, 1.54) is 12.4 Å². The number of hydrogen-bond acceptors (Lipinski definition) is 4. The summed E-state index contributed by atoms with van der Waals surface area (Å²) >= 11 is 0. The number of hydrogen-bond donors (Lipinski definition) is 3. The maximum absolute atomic E-state index is 10.4. The van der Waals surface area contributed by atoms with Gasteiger partial charge in [0, 0.05) is 12.4 Å². The van der Waals surface area contributed by atoms with Crippen molar-refractivity contribution in [1.29, 1.82) is 0 Å². The van der Waals surface area contributed by atoms with Gasteiger partial charge in [-0.2, -0.15) is 0 Å². The fraction of sp³-hybridized carbons (Fsp3) is 0.333. The molecule has 0 aliphatic heterocycles. The molecule has 5 nitrogen and oxygen atoms in total. The Hall–Kier alpha value is -1.46. The van der Waals surface area contributed by atoms with E-state index in [2.05, 4.69) is 4.98 Å². The predicted molar refractivity (Wildman–Crippen MR) is 49.6 cm³/mol. The first kappa shape index (κ1) is 10.6. The van der Waals surface area contributed by atoms with Crippen LogP contribution in [0.1, 0.15) is 17.2 Å². The second-order valence-electron chi connectivity index (χ2n) is 2.99. The number of pyridine rings is 1. The summed E-state index contributed by atoms with van der Waals surface area (Å²) < 4.78 is 0. The van der Waals surface area contributed by atoms with Crippen molar-refractivity contribution in [2.75, 3.05) is 6.61 Å². The molecule has 76 valence electrons. The Morgan fingerprint density at radius 2 is 2.29 bits per heavy atom. The number of nitrogens with zero attached hydrogens (tertiary/aromatic N) is 1. The first-order chi connectivity index (χ1) is 6.63. The molecule has 0 aromatic carbocycles. The van der Waals surface area contributed by atoms with Gasteiger partial charge in [-0.1, -0.05) is 6.07 Å². The third kappa shape index (κ3) is 2.79. The SMILES string of the molecule is N[C@H](CO)c1cncc(CC(=O)O)c1. The summed E-state index contributed by atoms with van der Waals surface area (Å²) in [7, 11) is 0. The number of aliphatic hydroxyl groups excluding tert-OH is 1. The molecule has 14 heavy (non-hydrogen) atoms. The maximum atomic E-state index is 10.4. The van der Waals surface area contributed by atoms with E-state index >= 15 is 0 Å². The third-order valence-electron chi connectivity index (χ3n) is 1.80. The number of rotatable bonds is 4. The Bertz CT molecular complexity index is 328. The van der Waals surface area contributed by atoms with Crippen LogP contribution in [0.15, 0.2) is 18.5 Å². The van der Waals surface area contributed by atoms with Gasteiger partial charge >= 0.3 is 5.97 Å². The molecule has 0 bridgehead atoms. The van der Waals surface area contributed by atoms with E-state index in [4.69, 9.17) is 15.9 Å². The second kappa shape index (κ2) is 4.69. The molecule has 1 aromatic rings. The number of aliphatic carboxylic acids is 1. The maximum Gasteiger partial charge on any atom is 0.307 e. The highest BCUT2D eigenvalue weighted by atomic mass is 16.4. The quantitative estimate of drug-likeness (QED) is 0.614. The van der Waals surface area contributed by atoms with E-state index < -0.39 is 12.0 Å². The average Bonchev–Trinajstić information content (AvgIpc) is 2.16. The lowest BCUT2D eigenvalue weighted by atomic mass is 10.1. The largest absolute Gasteiger partial charge is 0.481 e. The summed E-state index contributed by atoms with van der Waals surface area (Å²) in [5.74, 6) is -0.915. The zero-order valence-electron chi connectivity index (χ0n) is 7.55. The highest BCUT2D eigenvalue weighted by Gasteiger charge is 2.07. The molecule has 4 N–H and O–H groups in total. The summed E-state index contributed by atoms with van der Waals surface area (Å²) in [4.78, 5) is 14.3. The van der Waals surface area contributed by atoms with E-state index in [1.54, 1.807) is 6.07 Å². The number of aliphatic hydroxyl groups is 1. The third-order valence-corrected chi connectivity index (χ3v) is 1.80. The average molecular weight is 196 g/mol. The highest BCUT2D eigenvalue weighted by Crippen LogP contribution is 2.10. The number of carboxylic acids is 1. The molecule has 0 aliphatic rings. The predicted octanol–water partition coefficient (Wildman–Crippen LogP) is -0.299. The van der Waals surface area contributed by atoms with Gasteiger partial charge in [0.25, 0.3) is 0 Å². The minimum Gasteiger partial charge on any atom is -0.481 e. The lowest BCUT2D eigenvalue weighted by molar-refractivity contribution is -0.136. The van der Waals surface area contributed by atoms with Crippen LogP contribution in [0.2, 0.25) is 0 Å². The minimum absolute atomic E-state index is 0.0843. The monoisotopic (exact) mass is 196 g/mol. The van der Waals surface area contributed by atoms with Crippen LogP contribution in [0.3, 0.4) is 0 Å². The van der Waals surface area contributed by atoms with Gasteiger partial charge in [-0.15, -0.1) is 0 Å². The molecule has 1 heterocycles. The molecule has 5 heteroatoms. The van der Waals surface area contributed by atoms with E-state index in [0.29, 0.717) is 11.1 Å². The molecule has 0 saturated carbocycles. The molecular weight excluding hydrogens is 184 g/mol. The molecule has 0 unspecified atom stereocenters. The number of aromatic nitrogens is 1. The van der Waals surface area contributed by atoms with Crippen LogP contribution in [0.5, 0.6) is 0 Å². The molecule has 1 aromatic heterocycles. The van der Waals surface area contributed by atoms with Gasteiger partial charge < -0.3 is 15.9 Å². The van der Waals surface area contributed by atoms with Crippen molar-refractivity contribution in [2.24, 2.45) is 5.73 Å². The standard InChI is InChI=1S/C9H12N2O3/c10-8(5-12)7-1-6(2-9(13)14)3-11-4-7/h1,3-4,8,12H,2,5,10H2,(H,13,14)/t8-/m1/s1. The Labute approximate surface area is 81.2 Å². The van der Waals surface area contributed by atoms with Crippen LogP contribution >= 0.6 is 0 Å². The Morgan fingerprint density at radius 1 is 1.57 bits per heavy atom. The number of carboxylic acid groups (broad SMARTS) is 1. The van der Waals surface area contributed by atoms with Crippen LogP contribution < -0.4 is 5.73 Å². The van der Waals surface area contributed by atoms with E-state index in [-0.39, 0.29) is 13.0 Å². The van der Waals surface area contributed by atoms with E-state index in [0.717, 1.165) is 0 Å². The smallest absolute Gasteiger partial charge is 0.307 e. The first-order valence-corrected chi connectivity index (χ1v) is 4.15. The zero-order chi connectivity index (χ0) is 10.6. The van der Waals surface area contributed by atoms with Gasteiger partial charge in [-0.05, 0) is 11.1 Å². The molecule has 0 fully saturated rings. The molecule has 0 amide bonds. The van der Waals surface area contributed by atoms with Crippen molar-refractivity contribution in [3.8, 4) is 0 Å². The highest BCUT2D eigenvalue weighted by molar-refractivity contribution is 5.70. The Kier molecular flexibility index (Phi) is 3.55. The van der Waals surface area contributed by atoms with Crippen molar-refractivity contribution < 1.29 is 15.0 Å². The summed E-state index contributed by atoms with van der Waals surface area (Å²) in [5, 5.41) is 17.3. The topological polar surface area (TPSA) is 96.4 Å². The van der Waals surface area contributed by atoms with Crippen LogP contribution in [0.4, 0.5) is 0 Å². The Morgan fingerprint density at radius 3 is 2.86 bits per heavy atom. The fourth-order valence-electron chi connectivity index (χ4n) is 1.09. The van der Waals surface area contributed by atoms with Crippen LogP contribution in [0.25, 0.3) is 0 Å². The lowest BCUT2D eigenvalue weighted by Crippen LogP contribution is -2.15. The molecule has 0 spiro atoms. The second-order valence-corrected chi connectivity index (χ2v) is 2.99. The van der Waals surface area contributed by atoms with Crippen molar-refractivity contribution in [1.82, 2.24) is 4.98 Å². The van der Waals surface area contributed by atoms with Crippen molar-refractivity contribution in [3.63, 3.8) is 0 Å². The summed E-state index contributed by atoms with van der Waals surface area (Å²) in [5.41, 5.74) is 6.78. The zero-order valence-corrected chi connectivity index (χ0v) is 7.55. The summed E-state index contributed by atoms with van der Waals surface area (Å²) in [6.07, 6.45) is 2.91. The van der Waals surface area contributed by atoms with Crippen molar-refractivity contribution in [3.05, 3.63) is 29.6 Å². The molecule has 1 rings (SSSR count). The van der Waals surface area contributed by atoms with Gasteiger partial charge in [-0.3, -0.25) is 9.78 Å². The fourth-order valence-corrected chi connectivity index (χ4v) is 1.09. The van der Waals surface area contributed by atoms with Gasteiger partial charge in [-0.25, -0.2) is 0 Å².